The van der Waals surface area contributed by atoms with Crippen LogP contribution in [0, 0.1) is 11.8 Å². The molecule has 1 aromatic heterocycles. The molecule has 0 unspecified atom stereocenters. The summed E-state index contributed by atoms with van der Waals surface area (Å²) in [4.78, 5) is 22.4. The maximum atomic E-state index is 13.0. The largest absolute Gasteiger partial charge is 0.437 e. The van der Waals surface area contributed by atoms with Gasteiger partial charge < -0.3 is 10.1 Å². The molecule has 0 saturated carbocycles. The molecule has 23 heavy (non-hydrogen) atoms. The van der Waals surface area contributed by atoms with E-state index < -0.39 is 6.67 Å². The van der Waals surface area contributed by atoms with E-state index in [-0.39, 0.29) is 28.9 Å². The molecular formula is C15H17FN4O3. The van der Waals surface area contributed by atoms with Gasteiger partial charge in [0.1, 0.15) is 18.1 Å². The van der Waals surface area contributed by atoms with Gasteiger partial charge >= 0.3 is 6.03 Å². The first kappa shape index (κ1) is 16.6. The number of aromatic nitrogens is 2. The van der Waals surface area contributed by atoms with E-state index in [1.165, 1.54) is 22.9 Å². The number of ether oxygens (including phenoxy) is 1. The van der Waals surface area contributed by atoms with Crippen LogP contribution in [0.25, 0.3) is 0 Å². The van der Waals surface area contributed by atoms with Gasteiger partial charge in [0.2, 0.25) is 5.88 Å². The Morgan fingerprint density at radius 2 is 2.22 bits per heavy atom. The zero-order chi connectivity index (χ0) is 16.8. The van der Waals surface area contributed by atoms with Crippen molar-refractivity contribution in [2.75, 3.05) is 6.54 Å². The Morgan fingerprint density at radius 3 is 2.87 bits per heavy atom. The lowest BCUT2D eigenvalue weighted by molar-refractivity contribution is 0.238. The fourth-order valence-electron chi connectivity index (χ4n) is 1.95. The second kappa shape index (κ2) is 7.48. The van der Waals surface area contributed by atoms with E-state index in [0.717, 1.165) is 6.42 Å². The Hall–Kier alpha value is -2.77. The number of carbonyl (C=O) groups excluding carboxylic acids is 1. The SMILES string of the molecule is CCCNC(=O)n1nc(Oc2ccc(N=O)cc2CF)cc1C. The molecule has 1 amide bonds. The summed E-state index contributed by atoms with van der Waals surface area (Å²) in [6, 6.07) is 5.38. The number of nitrogens with one attached hydrogen (secondary N) is 1. The van der Waals surface area contributed by atoms with E-state index in [0.29, 0.717) is 12.2 Å². The summed E-state index contributed by atoms with van der Waals surface area (Å²) >= 11 is 0. The van der Waals surface area contributed by atoms with Crippen molar-refractivity contribution in [2.24, 2.45) is 5.18 Å². The molecule has 1 aromatic carbocycles. The number of amides is 1. The number of benzene rings is 1. The van der Waals surface area contributed by atoms with Crippen molar-refractivity contribution in [3.8, 4) is 11.6 Å². The molecule has 8 heteroatoms. The molecule has 0 fully saturated rings. The molecule has 0 aliphatic carbocycles. The number of hydrogen-bond donors (Lipinski definition) is 1. The molecule has 0 bridgehead atoms. The molecule has 0 saturated heterocycles. The fraction of sp³-hybridized carbons (Fsp3) is 0.333. The molecule has 7 nitrogen and oxygen atoms in total. The molecule has 1 heterocycles. The Kier molecular flexibility index (Phi) is 5.40. The molecule has 2 aromatic rings. The second-order valence-electron chi connectivity index (χ2n) is 4.89. The van der Waals surface area contributed by atoms with Crippen LogP contribution < -0.4 is 10.1 Å². The van der Waals surface area contributed by atoms with Crippen molar-refractivity contribution >= 4 is 11.7 Å². The summed E-state index contributed by atoms with van der Waals surface area (Å²) in [6.45, 7) is 3.39. The van der Waals surface area contributed by atoms with Gasteiger partial charge in [-0.1, -0.05) is 6.92 Å². The van der Waals surface area contributed by atoms with Crippen LogP contribution in [0.4, 0.5) is 14.9 Å². The van der Waals surface area contributed by atoms with Gasteiger partial charge in [-0.15, -0.1) is 10.0 Å². The molecular weight excluding hydrogens is 303 g/mol. The summed E-state index contributed by atoms with van der Waals surface area (Å²) < 4.78 is 19.7. The van der Waals surface area contributed by atoms with Crippen molar-refractivity contribution in [3.63, 3.8) is 0 Å². The molecule has 122 valence electrons. The van der Waals surface area contributed by atoms with Gasteiger partial charge in [-0.05, 0) is 36.7 Å². The van der Waals surface area contributed by atoms with Gasteiger partial charge in [0.15, 0.2) is 0 Å². The van der Waals surface area contributed by atoms with Crippen LogP contribution in [-0.4, -0.2) is 22.4 Å². The fourth-order valence-corrected chi connectivity index (χ4v) is 1.95. The second-order valence-corrected chi connectivity index (χ2v) is 4.89. The zero-order valence-corrected chi connectivity index (χ0v) is 12.9. The van der Waals surface area contributed by atoms with E-state index in [4.69, 9.17) is 4.74 Å². The summed E-state index contributed by atoms with van der Waals surface area (Å²) in [5.74, 6) is 0.383. The van der Waals surface area contributed by atoms with Crippen LogP contribution in [0.15, 0.2) is 29.4 Å². The monoisotopic (exact) mass is 320 g/mol. The predicted octanol–water partition coefficient (Wildman–Crippen LogP) is 3.82. The Morgan fingerprint density at radius 1 is 1.43 bits per heavy atom. The molecule has 0 radical (unpaired) electrons. The lowest BCUT2D eigenvalue weighted by Gasteiger charge is -2.07. The van der Waals surface area contributed by atoms with E-state index in [1.807, 2.05) is 6.92 Å². The van der Waals surface area contributed by atoms with E-state index in [2.05, 4.69) is 15.6 Å². The minimum Gasteiger partial charge on any atom is -0.437 e. The standard InChI is InChI=1S/C15H17FN4O3/c1-3-6-17-15(21)20-10(2)7-14(18-20)23-13-5-4-12(19-22)8-11(13)9-16/h4-5,7-8H,3,6,9H2,1-2H3,(H,17,21). The normalized spacial score (nSPS) is 10.4. The number of nitrogens with zero attached hydrogens (tertiary/aromatic N) is 3. The Bertz CT molecular complexity index is 715. The quantitative estimate of drug-likeness (QED) is 0.820. The van der Waals surface area contributed by atoms with Crippen LogP contribution in [-0.2, 0) is 6.67 Å². The molecule has 2 rings (SSSR count). The average molecular weight is 320 g/mol. The Labute approximate surface area is 132 Å². The number of rotatable bonds is 6. The maximum absolute atomic E-state index is 13.0. The first-order valence-electron chi connectivity index (χ1n) is 7.14. The smallest absolute Gasteiger partial charge is 0.342 e. The van der Waals surface area contributed by atoms with Crippen LogP contribution >= 0.6 is 0 Å². The number of nitroso groups, excluding NO2 is 1. The van der Waals surface area contributed by atoms with Gasteiger partial charge in [0, 0.05) is 18.2 Å². The number of halogens is 1. The predicted molar refractivity (Wildman–Crippen MR) is 82.8 cm³/mol. The summed E-state index contributed by atoms with van der Waals surface area (Å²) in [5, 5.41) is 9.51. The molecule has 0 aliphatic heterocycles. The van der Waals surface area contributed by atoms with Crippen molar-refractivity contribution in [3.05, 3.63) is 40.4 Å². The first-order valence-corrected chi connectivity index (χ1v) is 7.14. The van der Waals surface area contributed by atoms with Gasteiger partial charge in [-0.3, -0.25) is 0 Å². The van der Waals surface area contributed by atoms with Gasteiger partial charge in [0.25, 0.3) is 0 Å². The van der Waals surface area contributed by atoms with Crippen molar-refractivity contribution in [1.29, 1.82) is 0 Å². The van der Waals surface area contributed by atoms with E-state index in [9.17, 15) is 14.1 Å². The highest BCUT2D eigenvalue weighted by Gasteiger charge is 2.14. The van der Waals surface area contributed by atoms with Gasteiger partial charge in [-0.2, -0.15) is 4.68 Å². The van der Waals surface area contributed by atoms with Gasteiger partial charge in [0.05, 0.1) is 5.69 Å². The summed E-state index contributed by atoms with van der Waals surface area (Å²) in [6.07, 6.45) is 0.812. The highest BCUT2D eigenvalue weighted by Crippen LogP contribution is 2.29. The third-order valence-corrected chi connectivity index (χ3v) is 3.09. The van der Waals surface area contributed by atoms with Crippen molar-refractivity contribution in [1.82, 2.24) is 15.1 Å². The third kappa shape index (κ3) is 3.91. The molecule has 0 atom stereocenters. The number of hydrogen-bond acceptors (Lipinski definition) is 5. The van der Waals surface area contributed by atoms with E-state index in [1.54, 1.807) is 13.0 Å². The minimum atomic E-state index is -0.810. The van der Waals surface area contributed by atoms with Crippen molar-refractivity contribution in [2.45, 2.75) is 26.9 Å². The lowest BCUT2D eigenvalue weighted by Crippen LogP contribution is -2.30. The van der Waals surface area contributed by atoms with Crippen LogP contribution in [0.5, 0.6) is 11.6 Å². The summed E-state index contributed by atoms with van der Waals surface area (Å²) in [5.41, 5.74) is 0.886. The Balaban J connectivity index is 2.21. The number of aryl methyl sites for hydroxylation is 1. The highest BCUT2D eigenvalue weighted by atomic mass is 19.1. The first-order chi connectivity index (χ1) is 11.1. The van der Waals surface area contributed by atoms with Crippen LogP contribution in [0.3, 0.4) is 0 Å². The van der Waals surface area contributed by atoms with Crippen LogP contribution in [0.1, 0.15) is 24.6 Å². The van der Waals surface area contributed by atoms with Crippen LogP contribution in [0.2, 0.25) is 0 Å². The van der Waals surface area contributed by atoms with Crippen molar-refractivity contribution < 1.29 is 13.9 Å². The molecule has 0 aliphatic rings. The highest BCUT2D eigenvalue weighted by molar-refractivity contribution is 5.76. The minimum absolute atomic E-state index is 0.116. The lowest BCUT2D eigenvalue weighted by atomic mass is 10.2. The van der Waals surface area contributed by atoms with Gasteiger partial charge in [-0.25, -0.2) is 9.18 Å². The summed E-state index contributed by atoms with van der Waals surface area (Å²) in [7, 11) is 0. The number of alkyl halides is 1. The van der Waals surface area contributed by atoms with E-state index >= 15 is 0 Å². The topological polar surface area (TPSA) is 85.6 Å². The third-order valence-electron chi connectivity index (χ3n) is 3.09. The molecule has 0 spiro atoms. The number of carbonyl (C=O) groups is 1. The maximum Gasteiger partial charge on any atom is 0.342 e. The average Bonchev–Trinajstić information content (AvgIpc) is 2.93. The molecule has 1 N–H and O–H groups in total. The zero-order valence-electron chi connectivity index (χ0n) is 12.9.